The van der Waals surface area contributed by atoms with Gasteiger partial charge in [0.05, 0.1) is 5.39 Å². The number of furan rings is 1. The molecule has 0 aliphatic heterocycles. The number of hydrogen-bond donors (Lipinski definition) is 2. The van der Waals surface area contributed by atoms with Crippen molar-refractivity contribution in [2.24, 2.45) is 0 Å². The van der Waals surface area contributed by atoms with Crippen molar-refractivity contribution in [2.45, 2.75) is 6.92 Å². The van der Waals surface area contributed by atoms with E-state index >= 15 is 0 Å². The van der Waals surface area contributed by atoms with Gasteiger partial charge in [-0.3, -0.25) is 0 Å². The zero-order valence-corrected chi connectivity index (χ0v) is 12.1. The van der Waals surface area contributed by atoms with Crippen molar-refractivity contribution < 1.29 is 4.42 Å². The van der Waals surface area contributed by atoms with Gasteiger partial charge in [-0.05, 0) is 36.3 Å². The van der Waals surface area contributed by atoms with E-state index in [1.54, 1.807) is 6.26 Å². The molecule has 3 aromatic rings. The van der Waals surface area contributed by atoms with Crippen LogP contribution in [0.3, 0.4) is 0 Å². The first-order valence-electron chi connectivity index (χ1n) is 6.29. The van der Waals surface area contributed by atoms with Gasteiger partial charge in [-0.15, -0.1) is 0 Å². The molecular weight excluding hydrogens is 288 g/mol. The molecule has 6 heteroatoms. The Morgan fingerprint density at radius 3 is 2.62 bits per heavy atom. The van der Waals surface area contributed by atoms with Crippen molar-refractivity contribution >= 4 is 46.1 Å². The van der Waals surface area contributed by atoms with Crippen LogP contribution >= 0.6 is 11.6 Å². The summed E-state index contributed by atoms with van der Waals surface area (Å²) in [6, 6.07) is 7.60. The second-order valence-electron chi connectivity index (χ2n) is 4.67. The van der Waals surface area contributed by atoms with Gasteiger partial charge in [0.2, 0.25) is 11.7 Å². The Hall–Kier alpha value is -2.53. The smallest absolute Gasteiger partial charge is 0.233 e. The SMILES string of the molecule is C/C(=C/c1coc2nc(N)nc(N)c12)c1ccc(Cl)cc1. The quantitative estimate of drug-likeness (QED) is 0.754. The van der Waals surface area contributed by atoms with Crippen LogP contribution < -0.4 is 11.5 Å². The average Bonchev–Trinajstić information content (AvgIpc) is 2.82. The first-order valence-corrected chi connectivity index (χ1v) is 6.67. The first-order chi connectivity index (χ1) is 10.0. The highest BCUT2D eigenvalue weighted by Crippen LogP contribution is 2.28. The molecule has 0 atom stereocenters. The number of fused-ring (bicyclic) bond motifs is 1. The number of benzene rings is 1. The lowest BCUT2D eigenvalue weighted by Gasteiger charge is -2.02. The van der Waals surface area contributed by atoms with Gasteiger partial charge in [-0.2, -0.15) is 9.97 Å². The standard InChI is InChI=1S/C15H13ClN4O/c1-8(9-2-4-11(16)5-3-9)6-10-7-21-14-12(10)13(17)19-15(18)20-14/h2-7H,1H3,(H4,17,18,19,20)/b8-6-. The van der Waals surface area contributed by atoms with E-state index in [9.17, 15) is 0 Å². The minimum atomic E-state index is 0.0966. The topological polar surface area (TPSA) is 91.0 Å². The first kappa shape index (κ1) is 13.5. The fraction of sp³-hybridized carbons (Fsp3) is 0.0667. The number of nitrogens with two attached hydrogens (primary N) is 2. The Bertz CT molecular complexity index is 837. The zero-order chi connectivity index (χ0) is 15.0. The summed E-state index contributed by atoms with van der Waals surface area (Å²) in [4.78, 5) is 7.99. The lowest BCUT2D eigenvalue weighted by molar-refractivity contribution is 0.602. The summed E-state index contributed by atoms with van der Waals surface area (Å²) in [5.41, 5.74) is 14.8. The van der Waals surface area contributed by atoms with Gasteiger partial charge in [0.15, 0.2) is 0 Å². The minimum Gasteiger partial charge on any atom is -0.445 e. The van der Waals surface area contributed by atoms with Crippen LogP contribution in [-0.4, -0.2) is 9.97 Å². The molecule has 0 aliphatic carbocycles. The predicted molar refractivity (Wildman–Crippen MR) is 85.6 cm³/mol. The van der Waals surface area contributed by atoms with E-state index in [1.165, 1.54) is 0 Å². The van der Waals surface area contributed by atoms with E-state index in [1.807, 2.05) is 37.3 Å². The summed E-state index contributed by atoms with van der Waals surface area (Å²) in [7, 11) is 0. The van der Waals surface area contributed by atoms with Crippen molar-refractivity contribution in [3.8, 4) is 0 Å². The van der Waals surface area contributed by atoms with Gasteiger partial charge in [0, 0.05) is 10.6 Å². The number of aromatic nitrogens is 2. The van der Waals surface area contributed by atoms with Crippen LogP contribution in [0.15, 0.2) is 34.9 Å². The molecule has 4 N–H and O–H groups in total. The van der Waals surface area contributed by atoms with E-state index in [-0.39, 0.29) is 5.95 Å². The molecule has 0 spiro atoms. The Kier molecular flexibility index (Phi) is 3.27. The Balaban J connectivity index is 2.08. The molecule has 5 nitrogen and oxygen atoms in total. The molecule has 3 rings (SSSR count). The van der Waals surface area contributed by atoms with Crippen LogP contribution in [0.5, 0.6) is 0 Å². The van der Waals surface area contributed by atoms with Gasteiger partial charge in [-0.1, -0.05) is 23.7 Å². The number of anilines is 2. The number of rotatable bonds is 2. The maximum Gasteiger partial charge on any atom is 0.233 e. The lowest BCUT2D eigenvalue weighted by Crippen LogP contribution is -1.99. The van der Waals surface area contributed by atoms with E-state index < -0.39 is 0 Å². The fourth-order valence-corrected chi connectivity index (χ4v) is 2.27. The van der Waals surface area contributed by atoms with E-state index in [0.717, 1.165) is 16.7 Å². The molecule has 1 aromatic carbocycles. The zero-order valence-electron chi connectivity index (χ0n) is 11.3. The Morgan fingerprint density at radius 1 is 1.19 bits per heavy atom. The number of halogens is 1. The van der Waals surface area contributed by atoms with E-state index in [0.29, 0.717) is 21.9 Å². The van der Waals surface area contributed by atoms with E-state index in [4.69, 9.17) is 27.5 Å². The molecule has 0 saturated carbocycles. The lowest BCUT2D eigenvalue weighted by atomic mass is 10.0. The van der Waals surface area contributed by atoms with Crippen molar-refractivity contribution in [1.82, 2.24) is 9.97 Å². The van der Waals surface area contributed by atoms with Crippen LogP contribution in [0.1, 0.15) is 18.1 Å². The number of nitrogens with zero attached hydrogens (tertiary/aromatic N) is 2. The molecule has 0 bridgehead atoms. The fourth-order valence-electron chi connectivity index (χ4n) is 2.14. The molecule has 0 saturated heterocycles. The highest BCUT2D eigenvalue weighted by molar-refractivity contribution is 6.30. The molecule has 2 heterocycles. The van der Waals surface area contributed by atoms with Crippen molar-refractivity contribution in [2.75, 3.05) is 11.5 Å². The third-order valence-electron chi connectivity index (χ3n) is 3.18. The van der Waals surface area contributed by atoms with Gasteiger partial charge in [0.1, 0.15) is 12.1 Å². The third-order valence-corrected chi connectivity index (χ3v) is 3.43. The van der Waals surface area contributed by atoms with E-state index in [2.05, 4.69) is 9.97 Å². The molecule has 0 unspecified atom stereocenters. The molecule has 21 heavy (non-hydrogen) atoms. The molecular formula is C15H13ClN4O. The van der Waals surface area contributed by atoms with Gasteiger partial charge in [-0.25, -0.2) is 0 Å². The van der Waals surface area contributed by atoms with Crippen LogP contribution in [0, 0.1) is 0 Å². The Morgan fingerprint density at radius 2 is 1.90 bits per heavy atom. The van der Waals surface area contributed by atoms with Gasteiger partial charge < -0.3 is 15.9 Å². The van der Waals surface area contributed by atoms with Crippen LogP contribution in [-0.2, 0) is 0 Å². The molecule has 0 fully saturated rings. The van der Waals surface area contributed by atoms with Crippen molar-refractivity contribution in [3.63, 3.8) is 0 Å². The summed E-state index contributed by atoms with van der Waals surface area (Å²) in [6.07, 6.45) is 3.56. The third kappa shape index (κ3) is 2.55. The van der Waals surface area contributed by atoms with Crippen LogP contribution in [0.25, 0.3) is 22.7 Å². The van der Waals surface area contributed by atoms with Gasteiger partial charge in [0.25, 0.3) is 0 Å². The van der Waals surface area contributed by atoms with Crippen molar-refractivity contribution in [3.05, 3.63) is 46.7 Å². The second-order valence-corrected chi connectivity index (χ2v) is 5.11. The van der Waals surface area contributed by atoms with Crippen LogP contribution in [0.4, 0.5) is 11.8 Å². The largest absolute Gasteiger partial charge is 0.445 e. The highest BCUT2D eigenvalue weighted by atomic mass is 35.5. The second kappa shape index (κ2) is 5.10. The molecule has 0 amide bonds. The monoisotopic (exact) mass is 300 g/mol. The summed E-state index contributed by atoms with van der Waals surface area (Å²) in [5, 5.41) is 1.37. The number of allylic oxidation sites excluding steroid dienone is 1. The normalized spacial score (nSPS) is 12.0. The summed E-state index contributed by atoms with van der Waals surface area (Å²) < 4.78 is 5.39. The summed E-state index contributed by atoms with van der Waals surface area (Å²) in [6.45, 7) is 2.00. The minimum absolute atomic E-state index is 0.0966. The van der Waals surface area contributed by atoms with Crippen LogP contribution in [0.2, 0.25) is 5.02 Å². The highest BCUT2D eigenvalue weighted by Gasteiger charge is 2.11. The van der Waals surface area contributed by atoms with Crippen molar-refractivity contribution in [1.29, 1.82) is 0 Å². The molecule has 0 aliphatic rings. The van der Waals surface area contributed by atoms with Gasteiger partial charge >= 0.3 is 0 Å². The number of nitrogen functional groups attached to an aromatic ring is 2. The predicted octanol–water partition coefficient (Wildman–Crippen LogP) is 3.60. The average molecular weight is 301 g/mol. The molecule has 2 aromatic heterocycles. The summed E-state index contributed by atoms with van der Waals surface area (Å²) in [5.74, 6) is 0.403. The molecule has 0 radical (unpaired) electrons. The summed E-state index contributed by atoms with van der Waals surface area (Å²) >= 11 is 5.89. The maximum atomic E-state index is 5.90. The maximum absolute atomic E-state index is 5.90. The Labute approximate surface area is 126 Å². The molecule has 106 valence electrons. The number of hydrogen-bond acceptors (Lipinski definition) is 5.